The Bertz CT molecular complexity index is 634. The van der Waals surface area contributed by atoms with Gasteiger partial charge in [0, 0.05) is 0 Å². The Kier molecular flexibility index (Phi) is 11.5. The summed E-state index contributed by atoms with van der Waals surface area (Å²) in [5, 5.41) is 9.97. The van der Waals surface area contributed by atoms with Gasteiger partial charge in [-0.15, -0.1) is 0 Å². The van der Waals surface area contributed by atoms with Crippen LogP contribution < -0.4 is 4.74 Å². The Balaban J connectivity index is 1.75. The largest absolute Gasteiger partial charge is 0.494 e. The van der Waals surface area contributed by atoms with Gasteiger partial charge in [-0.05, 0) is 80.4 Å². The van der Waals surface area contributed by atoms with Crippen LogP contribution in [-0.2, 0) is 0 Å². The van der Waals surface area contributed by atoms with Crippen LogP contribution in [-0.4, -0.2) is 6.61 Å². The van der Waals surface area contributed by atoms with Crippen molar-refractivity contribution in [1.82, 2.24) is 0 Å². The molecule has 0 bridgehead atoms. The van der Waals surface area contributed by atoms with Gasteiger partial charge in [-0.2, -0.15) is 5.26 Å². The Morgan fingerprint density at radius 1 is 0.968 bits per heavy atom. The van der Waals surface area contributed by atoms with Crippen molar-refractivity contribution in [3.8, 4) is 11.8 Å². The van der Waals surface area contributed by atoms with Gasteiger partial charge in [-0.3, -0.25) is 0 Å². The van der Waals surface area contributed by atoms with E-state index in [1.165, 1.54) is 50.5 Å². The van der Waals surface area contributed by atoms with Crippen LogP contribution >= 0.6 is 0 Å². The van der Waals surface area contributed by atoms with E-state index >= 15 is 0 Å². The molecule has 1 aromatic rings. The molecule has 1 aromatic carbocycles. The third-order valence-electron chi connectivity index (χ3n) is 7.39. The maximum atomic E-state index is 9.97. The van der Waals surface area contributed by atoms with E-state index in [0.29, 0.717) is 5.92 Å². The fraction of sp³-hybridized carbons (Fsp3) is 0.759. The molecule has 2 rings (SSSR count). The molecule has 31 heavy (non-hydrogen) atoms. The van der Waals surface area contributed by atoms with Gasteiger partial charge >= 0.3 is 0 Å². The van der Waals surface area contributed by atoms with Gasteiger partial charge in [0.1, 0.15) is 5.75 Å². The molecule has 1 unspecified atom stereocenters. The molecule has 2 heteroatoms. The molecule has 0 spiro atoms. The van der Waals surface area contributed by atoms with E-state index in [2.05, 4.69) is 58.0 Å². The number of ether oxygens (including phenoxy) is 1. The average molecular weight is 426 g/mol. The lowest BCUT2D eigenvalue weighted by atomic mass is 9.67. The Morgan fingerprint density at radius 3 is 2.29 bits per heavy atom. The molecular weight excluding hydrogens is 378 g/mol. The monoisotopic (exact) mass is 425 g/mol. The summed E-state index contributed by atoms with van der Waals surface area (Å²) in [6.07, 6.45) is 15.6. The van der Waals surface area contributed by atoms with E-state index < -0.39 is 0 Å². The first-order valence-corrected chi connectivity index (χ1v) is 13.1. The van der Waals surface area contributed by atoms with Gasteiger partial charge in [-0.1, -0.05) is 78.4 Å². The van der Waals surface area contributed by atoms with Crippen LogP contribution in [0.25, 0.3) is 0 Å². The normalized spacial score (nSPS) is 22.3. The molecule has 0 aromatic heterocycles. The number of benzene rings is 1. The topological polar surface area (TPSA) is 33.0 Å². The van der Waals surface area contributed by atoms with Gasteiger partial charge in [0.25, 0.3) is 0 Å². The van der Waals surface area contributed by atoms with Crippen molar-refractivity contribution in [3.63, 3.8) is 0 Å². The smallest absolute Gasteiger partial charge is 0.119 e. The fourth-order valence-electron chi connectivity index (χ4n) is 5.02. The Labute approximate surface area is 192 Å². The molecule has 1 aliphatic rings. The lowest BCUT2D eigenvalue weighted by molar-refractivity contribution is 0.211. The average Bonchev–Trinajstić information content (AvgIpc) is 2.78. The molecule has 2 nitrogen and oxygen atoms in total. The molecule has 174 valence electrons. The number of nitriles is 1. The fourth-order valence-corrected chi connectivity index (χ4v) is 5.02. The molecular formula is C29H47NO. The van der Waals surface area contributed by atoms with E-state index in [9.17, 15) is 5.26 Å². The summed E-state index contributed by atoms with van der Waals surface area (Å²) < 4.78 is 5.90. The molecule has 0 amide bonds. The van der Waals surface area contributed by atoms with Crippen molar-refractivity contribution in [1.29, 1.82) is 5.26 Å². The van der Waals surface area contributed by atoms with Crippen LogP contribution in [0.3, 0.4) is 0 Å². The minimum atomic E-state index is -0.0790. The van der Waals surface area contributed by atoms with E-state index in [1.54, 1.807) is 0 Å². The van der Waals surface area contributed by atoms with Gasteiger partial charge in [0.2, 0.25) is 0 Å². The van der Waals surface area contributed by atoms with Crippen LogP contribution in [0.1, 0.15) is 123 Å². The van der Waals surface area contributed by atoms with Crippen molar-refractivity contribution < 1.29 is 4.74 Å². The van der Waals surface area contributed by atoms with E-state index in [1.807, 2.05) is 0 Å². The maximum Gasteiger partial charge on any atom is 0.119 e. The van der Waals surface area contributed by atoms with Gasteiger partial charge in [-0.25, -0.2) is 0 Å². The lowest BCUT2D eigenvalue weighted by Crippen LogP contribution is -2.26. The third kappa shape index (κ3) is 9.26. The summed E-state index contributed by atoms with van der Waals surface area (Å²) in [4.78, 5) is 0. The first kappa shape index (κ1) is 25.8. The maximum absolute atomic E-state index is 9.97. The highest BCUT2D eigenvalue weighted by molar-refractivity contribution is 5.30. The van der Waals surface area contributed by atoms with Gasteiger partial charge < -0.3 is 4.74 Å². The second kappa shape index (κ2) is 13.8. The highest BCUT2D eigenvalue weighted by Gasteiger charge is 2.35. The van der Waals surface area contributed by atoms with E-state index in [4.69, 9.17) is 4.74 Å². The van der Waals surface area contributed by atoms with Gasteiger partial charge in [0.15, 0.2) is 0 Å². The molecule has 1 fully saturated rings. The van der Waals surface area contributed by atoms with Crippen molar-refractivity contribution in [2.45, 2.75) is 117 Å². The molecule has 0 heterocycles. The number of rotatable bonds is 14. The molecule has 1 atom stereocenters. The summed E-state index contributed by atoms with van der Waals surface area (Å²) in [7, 11) is 0. The second-order valence-electron chi connectivity index (χ2n) is 10.6. The molecule has 0 saturated heterocycles. The quantitative estimate of drug-likeness (QED) is 0.278. The van der Waals surface area contributed by atoms with Crippen LogP contribution in [0, 0.1) is 28.6 Å². The van der Waals surface area contributed by atoms with Gasteiger partial charge in [0.05, 0.1) is 18.1 Å². The number of nitrogens with zero attached hydrogens (tertiary/aromatic N) is 1. The lowest BCUT2D eigenvalue weighted by Gasteiger charge is -2.36. The second-order valence-corrected chi connectivity index (χ2v) is 10.6. The molecule has 1 saturated carbocycles. The van der Waals surface area contributed by atoms with Crippen LogP contribution in [0.5, 0.6) is 5.75 Å². The zero-order chi connectivity index (χ0) is 22.5. The summed E-state index contributed by atoms with van der Waals surface area (Å²) in [6.45, 7) is 10.1. The summed E-state index contributed by atoms with van der Waals surface area (Å²) >= 11 is 0. The Morgan fingerprint density at radius 2 is 1.68 bits per heavy atom. The van der Waals surface area contributed by atoms with Crippen LogP contribution in [0.4, 0.5) is 0 Å². The molecule has 0 radical (unpaired) electrons. The van der Waals surface area contributed by atoms with Crippen molar-refractivity contribution >= 4 is 0 Å². The van der Waals surface area contributed by atoms with Crippen molar-refractivity contribution in [2.75, 3.05) is 6.61 Å². The highest BCUT2D eigenvalue weighted by Crippen LogP contribution is 2.46. The molecule has 0 aliphatic heterocycles. The van der Waals surface area contributed by atoms with E-state index in [0.717, 1.165) is 62.7 Å². The van der Waals surface area contributed by atoms with Crippen molar-refractivity contribution in [2.24, 2.45) is 17.3 Å². The third-order valence-corrected chi connectivity index (χ3v) is 7.39. The predicted molar refractivity (Wildman–Crippen MR) is 132 cm³/mol. The van der Waals surface area contributed by atoms with E-state index in [-0.39, 0.29) is 5.41 Å². The summed E-state index contributed by atoms with van der Waals surface area (Å²) in [6, 6.07) is 11.5. The predicted octanol–water partition coefficient (Wildman–Crippen LogP) is 9.06. The number of hydrogen-bond acceptors (Lipinski definition) is 2. The van der Waals surface area contributed by atoms with Crippen LogP contribution in [0.2, 0.25) is 0 Å². The highest BCUT2D eigenvalue weighted by atomic mass is 16.5. The first-order chi connectivity index (χ1) is 15.0. The Hall–Kier alpha value is -1.49. The molecule has 1 aliphatic carbocycles. The number of hydrogen-bond donors (Lipinski definition) is 0. The summed E-state index contributed by atoms with van der Waals surface area (Å²) in [5.74, 6) is 3.15. The van der Waals surface area contributed by atoms with Crippen LogP contribution in [0.15, 0.2) is 24.3 Å². The standard InChI is InChI=1S/C29H47NO/c1-5-6-7-8-22-31-28-14-12-26(13-15-28)27-17-20-29(23-30,21-18-27)19-16-25(4)11-9-10-24(2)3/h12-15,24-25,27H,5-11,16-22H2,1-4H3. The first-order valence-electron chi connectivity index (χ1n) is 13.1. The summed E-state index contributed by atoms with van der Waals surface area (Å²) in [5.41, 5.74) is 1.34. The molecule has 0 N–H and O–H groups in total. The number of unbranched alkanes of at least 4 members (excludes halogenated alkanes) is 3. The zero-order valence-corrected chi connectivity index (χ0v) is 20.8. The zero-order valence-electron chi connectivity index (χ0n) is 20.8. The minimum Gasteiger partial charge on any atom is -0.494 e. The SMILES string of the molecule is CCCCCCOc1ccc(C2CCC(C#N)(CCC(C)CCCC(C)C)CC2)cc1. The minimum absolute atomic E-state index is 0.0790. The van der Waals surface area contributed by atoms with Crippen molar-refractivity contribution in [3.05, 3.63) is 29.8 Å².